The van der Waals surface area contributed by atoms with Crippen LogP contribution in [0.25, 0.3) is 0 Å². The Balaban J connectivity index is 2.40. The summed E-state index contributed by atoms with van der Waals surface area (Å²) in [6.07, 6.45) is 1.03. The van der Waals surface area contributed by atoms with Gasteiger partial charge in [0, 0.05) is 19.0 Å². The third kappa shape index (κ3) is 4.31. The summed E-state index contributed by atoms with van der Waals surface area (Å²) in [5.74, 6) is -1.44. The Kier molecular flexibility index (Phi) is 5.55. The molecule has 1 aromatic rings. The average molecular weight is 256 g/mol. The van der Waals surface area contributed by atoms with Crippen LogP contribution in [-0.2, 0) is 4.79 Å². The minimum absolute atomic E-state index is 0.114. The van der Waals surface area contributed by atoms with Crippen molar-refractivity contribution in [2.24, 2.45) is 0 Å². The lowest BCUT2D eigenvalue weighted by Gasteiger charge is -2.12. The molecular weight excluding hydrogens is 238 g/mol. The Labute approximate surface area is 106 Å². The second kappa shape index (κ2) is 6.93. The van der Waals surface area contributed by atoms with Gasteiger partial charge < -0.3 is 10.6 Å². The zero-order valence-corrected chi connectivity index (χ0v) is 10.6. The van der Waals surface area contributed by atoms with Crippen LogP contribution >= 0.6 is 0 Å². The molecule has 0 aliphatic heterocycles. The molecule has 0 fully saturated rings. The maximum Gasteiger partial charge on any atom is 0.221 e. The lowest BCUT2D eigenvalue weighted by molar-refractivity contribution is -0.121. The molecule has 0 spiro atoms. The maximum atomic E-state index is 13.2. The van der Waals surface area contributed by atoms with E-state index in [-0.39, 0.29) is 30.6 Å². The summed E-state index contributed by atoms with van der Waals surface area (Å²) >= 11 is 0. The van der Waals surface area contributed by atoms with Crippen molar-refractivity contribution < 1.29 is 13.6 Å². The van der Waals surface area contributed by atoms with Crippen LogP contribution in [0.5, 0.6) is 0 Å². The number of anilines is 1. The van der Waals surface area contributed by atoms with E-state index in [0.29, 0.717) is 0 Å². The standard InChI is InChI=1S/C13H18F2N2O/c1-3-9(2)17-12(18)7-8-16-13-10(14)5-4-6-11(13)15/h4-6,9,16H,3,7-8H2,1-2H3,(H,17,18). The molecule has 0 bridgehead atoms. The molecule has 1 unspecified atom stereocenters. The molecule has 18 heavy (non-hydrogen) atoms. The van der Waals surface area contributed by atoms with E-state index >= 15 is 0 Å². The van der Waals surface area contributed by atoms with Gasteiger partial charge in [-0.1, -0.05) is 13.0 Å². The number of carbonyl (C=O) groups excluding carboxylic acids is 1. The highest BCUT2D eigenvalue weighted by molar-refractivity contribution is 5.76. The third-order valence-electron chi connectivity index (χ3n) is 2.64. The van der Waals surface area contributed by atoms with E-state index in [2.05, 4.69) is 10.6 Å². The number of nitrogens with one attached hydrogen (secondary N) is 2. The zero-order chi connectivity index (χ0) is 13.5. The van der Waals surface area contributed by atoms with Crippen LogP contribution in [0.15, 0.2) is 18.2 Å². The summed E-state index contributed by atoms with van der Waals surface area (Å²) in [6, 6.07) is 3.75. The van der Waals surface area contributed by atoms with E-state index in [0.717, 1.165) is 6.42 Å². The van der Waals surface area contributed by atoms with Gasteiger partial charge in [-0.25, -0.2) is 8.78 Å². The van der Waals surface area contributed by atoms with Gasteiger partial charge in [0.15, 0.2) is 0 Å². The zero-order valence-electron chi connectivity index (χ0n) is 10.6. The Hall–Kier alpha value is -1.65. The second-order valence-corrected chi connectivity index (χ2v) is 4.15. The van der Waals surface area contributed by atoms with E-state index in [1.54, 1.807) is 0 Å². The first kappa shape index (κ1) is 14.4. The van der Waals surface area contributed by atoms with Crippen LogP contribution in [0.4, 0.5) is 14.5 Å². The molecule has 100 valence electrons. The molecule has 1 aromatic carbocycles. The maximum absolute atomic E-state index is 13.2. The van der Waals surface area contributed by atoms with Gasteiger partial charge in [0.05, 0.1) is 0 Å². The van der Waals surface area contributed by atoms with E-state index in [9.17, 15) is 13.6 Å². The fourth-order valence-corrected chi connectivity index (χ4v) is 1.42. The fraction of sp³-hybridized carbons (Fsp3) is 0.462. The van der Waals surface area contributed by atoms with Gasteiger partial charge in [-0.3, -0.25) is 4.79 Å². The highest BCUT2D eigenvalue weighted by Gasteiger charge is 2.09. The van der Waals surface area contributed by atoms with E-state index in [4.69, 9.17) is 0 Å². The monoisotopic (exact) mass is 256 g/mol. The number of rotatable bonds is 6. The summed E-state index contributed by atoms with van der Waals surface area (Å²) in [4.78, 5) is 11.4. The molecule has 1 rings (SSSR count). The summed E-state index contributed by atoms with van der Waals surface area (Å²) < 4.78 is 26.5. The Morgan fingerprint density at radius 3 is 2.50 bits per heavy atom. The number of amides is 1. The molecule has 0 heterocycles. The molecule has 0 saturated carbocycles. The number of hydrogen-bond acceptors (Lipinski definition) is 2. The largest absolute Gasteiger partial charge is 0.380 e. The molecular formula is C13H18F2N2O. The number of hydrogen-bond donors (Lipinski definition) is 2. The van der Waals surface area contributed by atoms with Crippen molar-refractivity contribution in [3.8, 4) is 0 Å². The van der Waals surface area contributed by atoms with Crippen LogP contribution in [0.1, 0.15) is 26.7 Å². The van der Waals surface area contributed by atoms with Gasteiger partial charge in [0.1, 0.15) is 17.3 Å². The summed E-state index contributed by atoms with van der Waals surface area (Å²) in [6.45, 7) is 4.07. The highest BCUT2D eigenvalue weighted by atomic mass is 19.1. The predicted molar refractivity (Wildman–Crippen MR) is 67.4 cm³/mol. The Morgan fingerprint density at radius 2 is 1.94 bits per heavy atom. The topological polar surface area (TPSA) is 41.1 Å². The molecule has 1 amide bonds. The summed E-state index contributed by atoms with van der Waals surface area (Å²) in [5, 5.41) is 5.37. The molecule has 0 saturated heterocycles. The van der Waals surface area contributed by atoms with Crippen LogP contribution in [-0.4, -0.2) is 18.5 Å². The molecule has 2 N–H and O–H groups in total. The summed E-state index contributed by atoms with van der Waals surface area (Å²) in [7, 11) is 0. The number of para-hydroxylation sites is 1. The normalized spacial score (nSPS) is 12.0. The van der Waals surface area contributed by atoms with Gasteiger partial charge in [-0.15, -0.1) is 0 Å². The molecule has 5 heteroatoms. The summed E-state index contributed by atoms with van der Waals surface area (Å²) in [5.41, 5.74) is -0.186. The number of halogens is 2. The highest BCUT2D eigenvalue weighted by Crippen LogP contribution is 2.17. The van der Waals surface area contributed by atoms with Crippen molar-refractivity contribution in [2.45, 2.75) is 32.7 Å². The van der Waals surface area contributed by atoms with Gasteiger partial charge in [-0.2, -0.15) is 0 Å². The molecule has 3 nitrogen and oxygen atoms in total. The lowest BCUT2D eigenvalue weighted by atomic mass is 10.2. The van der Waals surface area contributed by atoms with Crippen LogP contribution in [0.2, 0.25) is 0 Å². The third-order valence-corrected chi connectivity index (χ3v) is 2.64. The van der Waals surface area contributed by atoms with Crippen LogP contribution < -0.4 is 10.6 Å². The Bertz CT molecular complexity index is 390. The molecule has 0 aliphatic carbocycles. The van der Waals surface area contributed by atoms with Crippen LogP contribution in [0, 0.1) is 11.6 Å². The smallest absolute Gasteiger partial charge is 0.221 e. The second-order valence-electron chi connectivity index (χ2n) is 4.15. The van der Waals surface area contributed by atoms with E-state index < -0.39 is 11.6 Å². The molecule has 0 radical (unpaired) electrons. The van der Waals surface area contributed by atoms with E-state index in [1.165, 1.54) is 18.2 Å². The van der Waals surface area contributed by atoms with Gasteiger partial charge in [0.2, 0.25) is 5.91 Å². The minimum atomic E-state index is -0.655. The number of carbonyl (C=O) groups is 1. The van der Waals surface area contributed by atoms with Gasteiger partial charge in [-0.05, 0) is 25.5 Å². The Morgan fingerprint density at radius 1 is 1.33 bits per heavy atom. The number of benzene rings is 1. The molecule has 0 aliphatic rings. The SMILES string of the molecule is CCC(C)NC(=O)CCNc1c(F)cccc1F. The van der Waals surface area contributed by atoms with Gasteiger partial charge in [0.25, 0.3) is 0 Å². The van der Waals surface area contributed by atoms with Crippen molar-refractivity contribution >= 4 is 11.6 Å². The molecule has 0 aromatic heterocycles. The van der Waals surface area contributed by atoms with Crippen molar-refractivity contribution in [3.63, 3.8) is 0 Å². The van der Waals surface area contributed by atoms with Crippen LogP contribution in [0.3, 0.4) is 0 Å². The quantitative estimate of drug-likeness (QED) is 0.821. The first-order valence-corrected chi connectivity index (χ1v) is 6.01. The predicted octanol–water partition coefficient (Wildman–Crippen LogP) is 2.68. The molecule has 1 atom stereocenters. The van der Waals surface area contributed by atoms with Crippen molar-refractivity contribution in [1.29, 1.82) is 0 Å². The van der Waals surface area contributed by atoms with Crippen molar-refractivity contribution in [3.05, 3.63) is 29.8 Å². The first-order chi connectivity index (χ1) is 8.54. The van der Waals surface area contributed by atoms with E-state index in [1.807, 2.05) is 13.8 Å². The minimum Gasteiger partial charge on any atom is -0.380 e. The van der Waals surface area contributed by atoms with Crippen molar-refractivity contribution in [1.82, 2.24) is 5.32 Å². The average Bonchev–Trinajstić information content (AvgIpc) is 2.32. The van der Waals surface area contributed by atoms with Crippen molar-refractivity contribution in [2.75, 3.05) is 11.9 Å². The van der Waals surface area contributed by atoms with Gasteiger partial charge >= 0.3 is 0 Å². The first-order valence-electron chi connectivity index (χ1n) is 6.01. The fourth-order valence-electron chi connectivity index (χ4n) is 1.42. The lowest BCUT2D eigenvalue weighted by Crippen LogP contribution is -2.33.